The van der Waals surface area contributed by atoms with Crippen LogP contribution in [-0.2, 0) is 9.59 Å². The number of hydrogen-bond acceptors (Lipinski definition) is 4. The Labute approximate surface area is 150 Å². The standard InChI is InChI=1S/C18H16ClN3O3/c1-2-11-25-16-9-3-13(4-10-16)12-20-22-18(24)17(23)21-15-7-5-14(19)6-8-15/h2-10,12H,1,11H2,(H,21,23)(H,22,24). The van der Waals surface area contributed by atoms with Crippen LogP contribution in [0.1, 0.15) is 5.56 Å². The van der Waals surface area contributed by atoms with Crippen LogP contribution in [0.3, 0.4) is 0 Å². The number of halogens is 1. The van der Waals surface area contributed by atoms with Crippen molar-refractivity contribution >= 4 is 35.3 Å². The number of hydrogen-bond donors (Lipinski definition) is 2. The van der Waals surface area contributed by atoms with Crippen LogP contribution in [-0.4, -0.2) is 24.6 Å². The van der Waals surface area contributed by atoms with Crippen molar-refractivity contribution in [3.8, 4) is 5.75 Å². The van der Waals surface area contributed by atoms with E-state index in [0.717, 1.165) is 5.56 Å². The molecule has 2 amide bonds. The Bertz CT molecular complexity index is 771. The molecular formula is C18H16ClN3O3. The quantitative estimate of drug-likeness (QED) is 0.361. The summed E-state index contributed by atoms with van der Waals surface area (Å²) in [6, 6.07) is 13.5. The fourth-order valence-corrected chi connectivity index (χ4v) is 1.87. The predicted octanol–water partition coefficient (Wildman–Crippen LogP) is 2.99. The topological polar surface area (TPSA) is 79.8 Å². The lowest BCUT2D eigenvalue weighted by Crippen LogP contribution is -2.32. The molecular weight excluding hydrogens is 342 g/mol. The van der Waals surface area contributed by atoms with E-state index in [4.69, 9.17) is 16.3 Å². The van der Waals surface area contributed by atoms with Gasteiger partial charge in [0.1, 0.15) is 12.4 Å². The van der Waals surface area contributed by atoms with Gasteiger partial charge in [0.05, 0.1) is 6.21 Å². The monoisotopic (exact) mass is 357 g/mol. The molecule has 0 saturated heterocycles. The Morgan fingerprint density at radius 2 is 1.76 bits per heavy atom. The molecule has 0 saturated carbocycles. The summed E-state index contributed by atoms with van der Waals surface area (Å²) in [6.45, 7) is 3.99. The molecule has 0 atom stereocenters. The third kappa shape index (κ3) is 6.12. The summed E-state index contributed by atoms with van der Waals surface area (Å²) in [5, 5.41) is 6.72. The number of anilines is 1. The van der Waals surface area contributed by atoms with E-state index in [0.29, 0.717) is 23.1 Å². The summed E-state index contributed by atoms with van der Waals surface area (Å²) in [7, 11) is 0. The van der Waals surface area contributed by atoms with E-state index < -0.39 is 11.8 Å². The molecule has 25 heavy (non-hydrogen) atoms. The average Bonchev–Trinajstić information content (AvgIpc) is 2.62. The highest BCUT2D eigenvalue weighted by atomic mass is 35.5. The summed E-state index contributed by atoms with van der Waals surface area (Å²) in [5.74, 6) is -1.01. The lowest BCUT2D eigenvalue weighted by molar-refractivity contribution is -0.136. The first kappa shape index (κ1) is 18.2. The third-order valence-corrected chi connectivity index (χ3v) is 3.19. The van der Waals surface area contributed by atoms with Gasteiger partial charge in [0.15, 0.2) is 0 Å². The minimum Gasteiger partial charge on any atom is -0.490 e. The molecule has 0 bridgehead atoms. The maximum Gasteiger partial charge on any atom is 0.329 e. The molecule has 2 rings (SSSR count). The van der Waals surface area contributed by atoms with Crippen LogP contribution in [0, 0.1) is 0 Å². The number of amides is 2. The van der Waals surface area contributed by atoms with E-state index in [9.17, 15) is 9.59 Å². The molecule has 2 aromatic carbocycles. The van der Waals surface area contributed by atoms with Crippen molar-refractivity contribution in [2.45, 2.75) is 0 Å². The number of nitrogens with one attached hydrogen (secondary N) is 2. The van der Waals surface area contributed by atoms with Crippen molar-refractivity contribution in [2.75, 3.05) is 11.9 Å². The smallest absolute Gasteiger partial charge is 0.329 e. The molecule has 0 heterocycles. The van der Waals surface area contributed by atoms with Gasteiger partial charge >= 0.3 is 11.8 Å². The third-order valence-electron chi connectivity index (χ3n) is 2.94. The highest BCUT2D eigenvalue weighted by molar-refractivity contribution is 6.39. The highest BCUT2D eigenvalue weighted by Gasteiger charge is 2.12. The largest absolute Gasteiger partial charge is 0.490 e. The summed E-state index contributed by atoms with van der Waals surface area (Å²) in [5.41, 5.74) is 3.36. The molecule has 0 unspecified atom stereocenters. The van der Waals surface area contributed by atoms with Crippen molar-refractivity contribution in [2.24, 2.45) is 5.10 Å². The maximum absolute atomic E-state index is 11.7. The first-order valence-electron chi connectivity index (χ1n) is 7.32. The van der Waals surface area contributed by atoms with Gasteiger partial charge in [0, 0.05) is 10.7 Å². The number of hydrazone groups is 1. The minimum atomic E-state index is -0.878. The van der Waals surface area contributed by atoms with E-state index in [1.807, 2.05) is 0 Å². The van der Waals surface area contributed by atoms with Gasteiger partial charge in [-0.25, -0.2) is 5.43 Å². The molecule has 0 fully saturated rings. The summed E-state index contributed by atoms with van der Waals surface area (Å²) >= 11 is 5.75. The van der Waals surface area contributed by atoms with Gasteiger partial charge in [-0.15, -0.1) is 0 Å². The summed E-state index contributed by atoms with van der Waals surface area (Å²) < 4.78 is 5.35. The van der Waals surface area contributed by atoms with Crippen LogP contribution in [0.25, 0.3) is 0 Å². The van der Waals surface area contributed by atoms with Crippen molar-refractivity contribution in [3.05, 3.63) is 71.8 Å². The lowest BCUT2D eigenvalue weighted by atomic mass is 10.2. The Morgan fingerprint density at radius 1 is 1.08 bits per heavy atom. The van der Waals surface area contributed by atoms with Crippen LogP contribution < -0.4 is 15.5 Å². The highest BCUT2D eigenvalue weighted by Crippen LogP contribution is 2.13. The molecule has 7 heteroatoms. The van der Waals surface area contributed by atoms with Crippen LogP contribution in [0.2, 0.25) is 5.02 Å². The molecule has 0 aliphatic rings. The van der Waals surface area contributed by atoms with Crippen LogP contribution >= 0.6 is 11.6 Å². The van der Waals surface area contributed by atoms with Gasteiger partial charge in [0.2, 0.25) is 0 Å². The molecule has 0 aliphatic carbocycles. The first-order chi connectivity index (χ1) is 12.1. The number of ether oxygens (including phenoxy) is 1. The van der Waals surface area contributed by atoms with Crippen LogP contribution in [0.4, 0.5) is 5.69 Å². The molecule has 0 aliphatic heterocycles. The van der Waals surface area contributed by atoms with Gasteiger partial charge in [-0.05, 0) is 54.1 Å². The van der Waals surface area contributed by atoms with E-state index in [1.54, 1.807) is 54.6 Å². The molecule has 0 aromatic heterocycles. The summed E-state index contributed by atoms with van der Waals surface area (Å²) in [4.78, 5) is 23.4. The second kappa shape index (κ2) is 9.24. The number of rotatable bonds is 6. The Morgan fingerprint density at radius 3 is 2.40 bits per heavy atom. The minimum absolute atomic E-state index is 0.423. The fraction of sp³-hybridized carbons (Fsp3) is 0.0556. The Hall–Kier alpha value is -3.12. The second-order valence-corrected chi connectivity index (χ2v) is 5.27. The number of carbonyl (C=O) groups is 2. The molecule has 6 nitrogen and oxygen atoms in total. The zero-order chi connectivity index (χ0) is 18.1. The summed E-state index contributed by atoms with van der Waals surface area (Å²) in [6.07, 6.45) is 3.07. The van der Waals surface area contributed by atoms with Gasteiger partial charge in [0.25, 0.3) is 0 Å². The van der Waals surface area contributed by atoms with Crippen molar-refractivity contribution in [1.29, 1.82) is 0 Å². The maximum atomic E-state index is 11.7. The van der Waals surface area contributed by atoms with E-state index in [1.165, 1.54) is 6.21 Å². The Balaban J connectivity index is 1.83. The van der Waals surface area contributed by atoms with Crippen LogP contribution in [0.15, 0.2) is 66.3 Å². The molecule has 0 radical (unpaired) electrons. The van der Waals surface area contributed by atoms with E-state index in [-0.39, 0.29) is 0 Å². The predicted molar refractivity (Wildman–Crippen MR) is 98.0 cm³/mol. The van der Waals surface area contributed by atoms with Crippen molar-refractivity contribution < 1.29 is 14.3 Å². The zero-order valence-electron chi connectivity index (χ0n) is 13.2. The average molecular weight is 358 g/mol. The van der Waals surface area contributed by atoms with E-state index in [2.05, 4.69) is 22.4 Å². The number of carbonyl (C=O) groups excluding carboxylic acids is 2. The molecule has 128 valence electrons. The van der Waals surface area contributed by atoms with Crippen molar-refractivity contribution in [3.63, 3.8) is 0 Å². The Kier molecular flexibility index (Phi) is 6.74. The van der Waals surface area contributed by atoms with Gasteiger partial charge in [-0.2, -0.15) is 5.10 Å². The van der Waals surface area contributed by atoms with Gasteiger partial charge < -0.3 is 10.1 Å². The van der Waals surface area contributed by atoms with Gasteiger partial charge in [-0.1, -0.05) is 24.3 Å². The normalized spacial score (nSPS) is 10.3. The van der Waals surface area contributed by atoms with Crippen molar-refractivity contribution in [1.82, 2.24) is 5.43 Å². The van der Waals surface area contributed by atoms with Crippen LogP contribution in [0.5, 0.6) is 5.75 Å². The molecule has 2 N–H and O–H groups in total. The van der Waals surface area contributed by atoms with Gasteiger partial charge in [-0.3, -0.25) is 9.59 Å². The number of nitrogens with zero attached hydrogens (tertiary/aromatic N) is 1. The zero-order valence-corrected chi connectivity index (χ0v) is 14.0. The fourth-order valence-electron chi connectivity index (χ4n) is 1.74. The molecule has 0 spiro atoms. The molecule has 2 aromatic rings. The first-order valence-corrected chi connectivity index (χ1v) is 7.70. The van der Waals surface area contributed by atoms with E-state index >= 15 is 0 Å². The lowest BCUT2D eigenvalue weighted by Gasteiger charge is -2.04. The number of benzene rings is 2. The second-order valence-electron chi connectivity index (χ2n) is 4.83. The SMILES string of the molecule is C=CCOc1ccc(C=NNC(=O)C(=O)Nc2ccc(Cl)cc2)cc1.